The van der Waals surface area contributed by atoms with Gasteiger partial charge in [-0.15, -0.1) is 0 Å². The van der Waals surface area contributed by atoms with E-state index in [2.05, 4.69) is 9.99 Å². The van der Waals surface area contributed by atoms with Crippen LogP contribution < -0.4 is 0 Å². The van der Waals surface area contributed by atoms with Crippen LogP contribution in [0.25, 0.3) is 0 Å². The van der Waals surface area contributed by atoms with Gasteiger partial charge in [0.25, 0.3) is 0 Å². The molecule has 1 aliphatic rings. The number of nitrogens with zero attached hydrogens (tertiary/aromatic N) is 1. The van der Waals surface area contributed by atoms with Gasteiger partial charge in [0.1, 0.15) is 0 Å². The highest BCUT2D eigenvalue weighted by Gasteiger charge is 2.56. The maximum atomic E-state index is 11.1. The van der Waals surface area contributed by atoms with Gasteiger partial charge in [-0.2, -0.15) is 0 Å². The van der Waals surface area contributed by atoms with E-state index in [9.17, 15) is 9.59 Å². The summed E-state index contributed by atoms with van der Waals surface area (Å²) in [6.07, 6.45) is -1.45. The predicted octanol–water partition coefficient (Wildman–Crippen LogP) is 0.573. The summed E-state index contributed by atoms with van der Waals surface area (Å²) in [5.74, 6) is -2.73. The number of carbonyl (C=O) groups is 2. The second-order valence-corrected chi connectivity index (χ2v) is 3.96. The van der Waals surface area contributed by atoms with Crippen LogP contribution in [0.1, 0.15) is 20.8 Å². The van der Waals surface area contributed by atoms with Crippen molar-refractivity contribution in [3.63, 3.8) is 0 Å². The van der Waals surface area contributed by atoms with Gasteiger partial charge in [-0.05, 0) is 12.8 Å². The first-order valence-electron chi connectivity index (χ1n) is 4.52. The summed E-state index contributed by atoms with van der Waals surface area (Å²) >= 11 is 0. The third kappa shape index (κ3) is 1.55. The minimum atomic E-state index is -1.58. The van der Waals surface area contributed by atoms with Crippen LogP contribution in [0.4, 0.5) is 0 Å². The molecule has 2 N–H and O–H groups in total. The smallest absolute Gasteiger partial charge is 0.349 e. The second-order valence-electron chi connectivity index (χ2n) is 3.96. The molecule has 0 fully saturated rings. The number of carboxylic acid groups (broad SMARTS) is 2. The molecule has 6 heteroatoms. The molecule has 0 aromatic carbocycles. The summed E-state index contributed by atoms with van der Waals surface area (Å²) in [5, 5.41) is 21.5. The van der Waals surface area contributed by atoms with Crippen LogP contribution >= 0.6 is 0 Å². The Morgan fingerprint density at radius 2 is 2.00 bits per heavy atom. The summed E-state index contributed by atoms with van der Waals surface area (Å²) in [4.78, 5) is 26.6. The van der Waals surface area contributed by atoms with Crippen LogP contribution in [0.15, 0.2) is 5.16 Å². The Balaban J connectivity index is 3.16. The normalized spacial score (nSPS) is 29.9. The van der Waals surface area contributed by atoms with Gasteiger partial charge in [0.05, 0.1) is 5.71 Å². The average molecular weight is 215 g/mol. The molecule has 15 heavy (non-hydrogen) atoms. The first-order chi connectivity index (χ1) is 6.81. The molecule has 2 unspecified atom stereocenters. The van der Waals surface area contributed by atoms with Gasteiger partial charge in [0, 0.05) is 0 Å². The van der Waals surface area contributed by atoms with Crippen molar-refractivity contribution in [3.05, 3.63) is 0 Å². The van der Waals surface area contributed by atoms with Crippen LogP contribution in [-0.4, -0.2) is 34.0 Å². The maximum Gasteiger partial charge on any atom is 0.349 e. The topological polar surface area (TPSA) is 96.2 Å². The summed E-state index contributed by atoms with van der Waals surface area (Å²) in [6.45, 7) is 4.81. The number of hydrogen-bond donors (Lipinski definition) is 2. The monoisotopic (exact) mass is 215 g/mol. The second kappa shape index (κ2) is 3.52. The first kappa shape index (κ1) is 11.5. The molecule has 1 heterocycles. The molecule has 0 bridgehead atoms. The van der Waals surface area contributed by atoms with E-state index < -0.39 is 23.5 Å². The molecule has 0 aromatic rings. The minimum Gasteiger partial charge on any atom is -0.480 e. The number of oxime groups is 1. The van der Waals surface area contributed by atoms with Gasteiger partial charge in [0.2, 0.25) is 6.10 Å². The van der Waals surface area contributed by atoms with E-state index in [0.717, 1.165) is 0 Å². The molecule has 0 amide bonds. The molecule has 1 rings (SSSR count). The lowest BCUT2D eigenvalue weighted by atomic mass is 9.76. The highest BCUT2D eigenvalue weighted by atomic mass is 16.7. The standard InChI is InChI=1S/C9H13NO5/c1-4(2)5-9(3,8(13)14)6(7(11)12)15-10-5/h4,6H,1-3H3,(H,11,12)(H,13,14). The van der Waals surface area contributed by atoms with Crippen molar-refractivity contribution in [3.8, 4) is 0 Å². The molecule has 0 saturated heterocycles. The lowest BCUT2D eigenvalue weighted by Crippen LogP contribution is -2.48. The Hall–Kier alpha value is -1.59. The fourth-order valence-corrected chi connectivity index (χ4v) is 1.66. The Morgan fingerprint density at radius 1 is 1.47 bits per heavy atom. The molecule has 1 aliphatic heterocycles. The fourth-order valence-electron chi connectivity index (χ4n) is 1.66. The van der Waals surface area contributed by atoms with Crippen LogP contribution in [0.3, 0.4) is 0 Å². The van der Waals surface area contributed by atoms with E-state index in [-0.39, 0.29) is 11.6 Å². The van der Waals surface area contributed by atoms with Gasteiger partial charge in [0.15, 0.2) is 5.41 Å². The van der Waals surface area contributed by atoms with Gasteiger partial charge >= 0.3 is 11.9 Å². The van der Waals surface area contributed by atoms with E-state index >= 15 is 0 Å². The van der Waals surface area contributed by atoms with Crippen LogP contribution in [0.2, 0.25) is 0 Å². The molecule has 0 aliphatic carbocycles. The number of rotatable bonds is 3. The molecule has 6 nitrogen and oxygen atoms in total. The highest BCUT2D eigenvalue weighted by Crippen LogP contribution is 2.35. The largest absolute Gasteiger partial charge is 0.480 e. The van der Waals surface area contributed by atoms with E-state index in [0.29, 0.717) is 0 Å². The average Bonchev–Trinajstić information content (AvgIpc) is 2.43. The van der Waals surface area contributed by atoms with E-state index in [1.54, 1.807) is 13.8 Å². The van der Waals surface area contributed by atoms with Gasteiger partial charge in [-0.1, -0.05) is 19.0 Å². The highest BCUT2D eigenvalue weighted by molar-refractivity contribution is 6.11. The van der Waals surface area contributed by atoms with Crippen molar-refractivity contribution in [2.75, 3.05) is 0 Å². The zero-order chi connectivity index (χ0) is 11.8. The SMILES string of the molecule is CC(C)C1=NOC(C(=O)O)C1(C)C(=O)O. The van der Waals surface area contributed by atoms with Crippen LogP contribution in [0, 0.1) is 11.3 Å². The van der Waals surface area contributed by atoms with Crippen LogP contribution in [-0.2, 0) is 14.4 Å². The van der Waals surface area contributed by atoms with Crippen molar-refractivity contribution >= 4 is 17.7 Å². The van der Waals surface area contributed by atoms with Crippen molar-refractivity contribution < 1.29 is 24.6 Å². The van der Waals surface area contributed by atoms with E-state index in [1.165, 1.54) is 6.92 Å². The van der Waals surface area contributed by atoms with Crippen molar-refractivity contribution in [2.45, 2.75) is 26.9 Å². The Bertz CT molecular complexity index is 335. The molecular formula is C9H13NO5. The Kier molecular flexibility index (Phi) is 2.70. The molecular weight excluding hydrogens is 202 g/mol. The third-order valence-corrected chi connectivity index (χ3v) is 2.53. The maximum absolute atomic E-state index is 11.1. The van der Waals surface area contributed by atoms with Crippen molar-refractivity contribution in [2.24, 2.45) is 16.5 Å². The molecule has 0 saturated carbocycles. The quantitative estimate of drug-likeness (QED) is 0.717. The summed E-state index contributed by atoms with van der Waals surface area (Å²) in [5.41, 5.74) is -1.33. The van der Waals surface area contributed by atoms with Crippen molar-refractivity contribution in [1.29, 1.82) is 0 Å². The fraction of sp³-hybridized carbons (Fsp3) is 0.667. The molecule has 2 atom stereocenters. The van der Waals surface area contributed by atoms with Gasteiger partial charge in [-0.25, -0.2) is 4.79 Å². The van der Waals surface area contributed by atoms with Crippen LogP contribution in [0.5, 0.6) is 0 Å². The number of hydrogen-bond acceptors (Lipinski definition) is 4. The number of carboxylic acids is 2. The summed E-state index contributed by atoms with van der Waals surface area (Å²) in [7, 11) is 0. The Morgan fingerprint density at radius 3 is 2.33 bits per heavy atom. The Labute approximate surface area is 86.5 Å². The molecule has 0 spiro atoms. The minimum absolute atomic E-state index is 0.171. The third-order valence-electron chi connectivity index (χ3n) is 2.53. The van der Waals surface area contributed by atoms with Crippen molar-refractivity contribution in [1.82, 2.24) is 0 Å². The lowest BCUT2D eigenvalue weighted by molar-refractivity contribution is -0.164. The van der Waals surface area contributed by atoms with E-state index in [4.69, 9.17) is 10.2 Å². The zero-order valence-electron chi connectivity index (χ0n) is 8.72. The van der Waals surface area contributed by atoms with Gasteiger partial charge < -0.3 is 15.1 Å². The molecule has 0 aromatic heterocycles. The summed E-state index contributed by atoms with van der Waals surface area (Å²) < 4.78 is 0. The van der Waals surface area contributed by atoms with Gasteiger partial charge in [-0.3, -0.25) is 4.79 Å². The molecule has 84 valence electrons. The summed E-state index contributed by atoms with van der Waals surface area (Å²) in [6, 6.07) is 0. The molecule has 0 radical (unpaired) electrons. The lowest BCUT2D eigenvalue weighted by Gasteiger charge is -2.24. The van der Waals surface area contributed by atoms with E-state index in [1.807, 2.05) is 0 Å². The first-order valence-corrected chi connectivity index (χ1v) is 4.52. The predicted molar refractivity (Wildman–Crippen MR) is 50.5 cm³/mol. The zero-order valence-corrected chi connectivity index (χ0v) is 8.72. The number of aliphatic carboxylic acids is 2.